The van der Waals surface area contributed by atoms with Gasteiger partial charge in [0.1, 0.15) is 5.75 Å². The van der Waals surface area contributed by atoms with E-state index in [-0.39, 0.29) is 5.91 Å². The molecule has 3 rings (SSSR count). The Labute approximate surface area is 156 Å². The molecule has 0 aliphatic carbocycles. The first kappa shape index (κ1) is 17.7. The standard InChI is InChI=1S/C19H17ClN4O2/c1-24(15-6-4-3-5-7-15)18(25)13-11-21-19(22-12-13)23-16-10-14(20)8-9-17(16)26-2/h3-12H,1-2H3,(H,21,22,23). The molecule has 26 heavy (non-hydrogen) atoms. The predicted octanol–water partition coefficient (Wildman–Crippen LogP) is 4.16. The molecule has 2 aromatic carbocycles. The minimum atomic E-state index is -0.192. The lowest BCUT2D eigenvalue weighted by Crippen LogP contribution is -2.26. The van der Waals surface area contributed by atoms with Crippen LogP contribution in [0.2, 0.25) is 5.02 Å². The van der Waals surface area contributed by atoms with Gasteiger partial charge in [-0.15, -0.1) is 0 Å². The Morgan fingerprint density at radius 2 is 1.81 bits per heavy atom. The number of carbonyl (C=O) groups excluding carboxylic acids is 1. The molecule has 1 aromatic heterocycles. The largest absolute Gasteiger partial charge is 0.495 e. The summed E-state index contributed by atoms with van der Waals surface area (Å²) in [5, 5.41) is 3.59. The van der Waals surface area contributed by atoms with Crippen LogP contribution in [-0.2, 0) is 0 Å². The molecule has 0 atom stereocenters. The summed E-state index contributed by atoms with van der Waals surface area (Å²) < 4.78 is 5.28. The van der Waals surface area contributed by atoms with Crippen molar-refractivity contribution in [3.05, 3.63) is 71.5 Å². The molecule has 0 unspecified atom stereocenters. The molecule has 1 N–H and O–H groups in total. The minimum Gasteiger partial charge on any atom is -0.495 e. The highest BCUT2D eigenvalue weighted by Gasteiger charge is 2.14. The molecule has 0 saturated heterocycles. The fraction of sp³-hybridized carbons (Fsp3) is 0.105. The fourth-order valence-electron chi connectivity index (χ4n) is 2.36. The van der Waals surface area contributed by atoms with Crippen LogP contribution in [-0.4, -0.2) is 30.0 Å². The highest BCUT2D eigenvalue weighted by Crippen LogP contribution is 2.29. The SMILES string of the molecule is COc1ccc(Cl)cc1Nc1ncc(C(=O)N(C)c2ccccc2)cn1. The summed E-state index contributed by atoms with van der Waals surface area (Å²) in [6, 6.07) is 14.6. The average molecular weight is 369 g/mol. The zero-order valence-corrected chi connectivity index (χ0v) is 15.1. The fourth-order valence-corrected chi connectivity index (χ4v) is 2.54. The van der Waals surface area contributed by atoms with Crippen molar-refractivity contribution in [1.29, 1.82) is 0 Å². The maximum absolute atomic E-state index is 12.5. The Morgan fingerprint density at radius 1 is 1.12 bits per heavy atom. The molecular formula is C19H17ClN4O2. The topological polar surface area (TPSA) is 67.3 Å². The van der Waals surface area contributed by atoms with Gasteiger partial charge < -0.3 is 15.0 Å². The van der Waals surface area contributed by atoms with Crippen molar-refractivity contribution in [2.24, 2.45) is 0 Å². The number of para-hydroxylation sites is 1. The summed E-state index contributed by atoms with van der Waals surface area (Å²) in [7, 11) is 3.27. The number of hydrogen-bond donors (Lipinski definition) is 1. The van der Waals surface area contributed by atoms with Gasteiger partial charge in [0.2, 0.25) is 5.95 Å². The number of hydrogen-bond acceptors (Lipinski definition) is 5. The van der Waals surface area contributed by atoms with Crippen LogP contribution in [0.1, 0.15) is 10.4 Å². The third kappa shape index (κ3) is 3.92. The lowest BCUT2D eigenvalue weighted by Gasteiger charge is -2.17. The van der Waals surface area contributed by atoms with Crippen LogP contribution in [0.3, 0.4) is 0 Å². The van der Waals surface area contributed by atoms with Crippen molar-refractivity contribution < 1.29 is 9.53 Å². The summed E-state index contributed by atoms with van der Waals surface area (Å²) >= 11 is 6.01. The van der Waals surface area contributed by atoms with Crippen LogP contribution in [0.25, 0.3) is 0 Å². The number of nitrogens with zero attached hydrogens (tertiary/aromatic N) is 3. The molecule has 132 valence electrons. The molecule has 0 radical (unpaired) electrons. The predicted molar refractivity (Wildman–Crippen MR) is 102 cm³/mol. The van der Waals surface area contributed by atoms with Crippen LogP contribution in [0.5, 0.6) is 5.75 Å². The molecular weight excluding hydrogens is 352 g/mol. The van der Waals surface area contributed by atoms with E-state index in [1.165, 1.54) is 12.4 Å². The maximum Gasteiger partial charge on any atom is 0.261 e. The Morgan fingerprint density at radius 3 is 2.46 bits per heavy atom. The van der Waals surface area contributed by atoms with Gasteiger partial charge in [-0.3, -0.25) is 4.79 Å². The van der Waals surface area contributed by atoms with Gasteiger partial charge in [0, 0.05) is 30.2 Å². The molecule has 1 heterocycles. The van der Waals surface area contributed by atoms with Crippen LogP contribution in [0.15, 0.2) is 60.9 Å². The highest BCUT2D eigenvalue weighted by molar-refractivity contribution is 6.31. The first-order valence-corrected chi connectivity index (χ1v) is 8.22. The summed E-state index contributed by atoms with van der Waals surface area (Å²) in [6.07, 6.45) is 2.96. The van der Waals surface area contributed by atoms with E-state index in [1.807, 2.05) is 30.3 Å². The number of aromatic nitrogens is 2. The smallest absolute Gasteiger partial charge is 0.261 e. The minimum absolute atomic E-state index is 0.192. The maximum atomic E-state index is 12.5. The molecule has 3 aromatic rings. The second kappa shape index (κ2) is 7.84. The molecule has 0 aliphatic heterocycles. The number of carbonyl (C=O) groups is 1. The third-order valence-corrected chi connectivity index (χ3v) is 3.99. The van der Waals surface area contributed by atoms with Crippen molar-refractivity contribution in [3.63, 3.8) is 0 Å². The Hall–Kier alpha value is -3.12. The van der Waals surface area contributed by atoms with E-state index in [0.29, 0.717) is 28.0 Å². The monoisotopic (exact) mass is 368 g/mol. The van der Waals surface area contributed by atoms with Gasteiger partial charge >= 0.3 is 0 Å². The van der Waals surface area contributed by atoms with Crippen molar-refractivity contribution in [2.75, 3.05) is 24.4 Å². The highest BCUT2D eigenvalue weighted by atomic mass is 35.5. The van der Waals surface area contributed by atoms with E-state index in [1.54, 1.807) is 37.3 Å². The van der Waals surface area contributed by atoms with Gasteiger partial charge in [-0.2, -0.15) is 0 Å². The van der Waals surface area contributed by atoms with Crippen LogP contribution in [0, 0.1) is 0 Å². The number of methoxy groups -OCH3 is 1. The summed E-state index contributed by atoms with van der Waals surface area (Å²) in [4.78, 5) is 22.5. The van der Waals surface area contributed by atoms with E-state index in [0.717, 1.165) is 5.69 Å². The van der Waals surface area contributed by atoms with E-state index < -0.39 is 0 Å². The summed E-state index contributed by atoms with van der Waals surface area (Å²) in [6.45, 7) is 0. The zero-order valence-electron chi connectivity index (χ0n) is 14.3. The quantitative estimate of drug-likeness (QED) is 0.732. The zero-order chi connectivity index (χ0) is 18.5. The Kier molecular flexibility index (Phi) is 5.34. The lowest BCUT2D eigenvalue weighted by atomic mass is 10.2. The lowest BCUT2D eigenvalue weighted by molar-refractivity contribution is 0.0992. The molecule has 0 bridgehead atoms. The number of nitrogens with one attached hydrogen (secondary N) is 1. The molecule has 0 saturated carbocycles. The Bertz CT molecular complexity index is 901. The summed E-state index contributed by atoms with van der Waals surface area (Å²) in [5.74, 6) is 0.759. The molecule has 6 nitrogen and oxygen atoms in total. The number of anilines is 3. The van der Waals surface area contributed by atoms with Crippen molar-refractivity contribution in [2.45, 2.75) is 0 Å². The van der Waals surface area contributed by atoms with Crippen molar-refractivity contribution in [1.82, 2.24) is 9.97 Å². The number of rotatable bonds is 5. The second-order valence-corrected chi connectivity index (χ2v) is 5.90. The molecule has 0 fully saturated rings. The van der Waals surface area contributed by atoms with E-state index in [9.17, 15) is 4.79 Å². The second-order valence-electron chi connectivity index (χ2n) is 5.46. The number of benzene rings is 2. The van der Waals surface area contributed by atoms with E-state index >= 15 is 0 Å². The number of amides is 1. The molecule has 0 spiro atoms. The Balaban J connectivity index is 1.77. The number of halogens is 1. The van der Waals surface area contributed by atoms with Crippen molar-refractivity contribution in [3.8, 4) is 5.75 Å². The van der Waals surface area contributed by atoms with E-state index in [4.69, 9.17) is 16.3 Å². The summed E-state index contributed by atoms with van der Waals surface area (Å²) in [5.41, 5.74) is 1.82. The van der Waals surface area contributed by atoms with Crippen LogP contribution in [0.4, 0.5) is 17.3 Å². The molecule has 0 aliphatic rings. The van der Waals surface area contributed by atoms with Crippen LogP contribution < -0.4 is 15.0 Å². The first-order chi connectivity index (χ1) is 12.6. The van der Waals surface area contributed by atoms with Gasteiger partial charge in [-0.1, -0.05) is 29.8 Å². The van der Waals surface area contributed by atoms with Gasteiger partial charge in [0.25, 0.3) is 5.91 Å². The third-order valence-electron chi connectivity index (χ3n) is 3.75. The molecule has 7 heteroatoms. The average Bonchev–Trinajstić information content (AvgIpc) is 2.68. The molecule has 1 amide bonds. The van der Waals surface area contributed by atoms with Crippen LogP contribution >= 0.6 is 11.6 Å². The van der Waals surface area contributed by atoms with Gasteiger partial charge in [-0.05, 0) is 30.3 Å². The van der Waals surface area contributed by atoms with Gasteiger partial charge in [0.05, 0.1) is 18.4 Å². The number of ether oxygens (including phenoxy) is 1. The van der Waals surface area contributed by atoms with Gasteiger partial charge in [0.15, 0.2) is 0 Å². The normalized spacial score (nSPS) is 10.3. The van der Waals surface area contributed by atoms with Crippen molar-refractivity contribution >= 4 is 34.8 Å². The first-order valence-electron chi connectivity index (χ1n) is 7.84. The van der Waals surface area contributed by atoms with Gasteiger partial charge in [-0.25, -0.2) is 9.97 Å². The van der Waals surface area contributed by atoms with E-state index in [2.05, 4.69) is 15.3 Å².